The molecular formula is C9H9BrN4O2. The van der Waals surface area contributed by atoms with Crippen molar-refractivity contribution in [1.82, 2.24) is 19.6 Å². The fourth-order valence-corrected chi connectivity index (χ4v) is 1.74. The topological polar surface area (TPSA) is 72.9 Å². The van der Waals surface area contributed by atoms with Crippen LogP contribution in [0.1, 0.15) is 16.2 Å². The minimum atomic E-state index is -1.04. The number of hydrogen-bond acceptors (Lipinski definition) is 3. The van der Waals surface area contributed by atoms with Gasteiger partial charge in [0.1, 0.15) is 10.3 Å². The number of halogens is 1. The van der Waals surface area contributed by atoms with Crippen LogP contribution in [0.5, 0.6) is 0 Å². The van der Waals surface area contributed by atoms with E-state index in [1.807, 2.05) is 0 Å². The highest BCUT2D eigenvalue weighted by molar-refractivity contribution is 9.10. The van der Waals surface area contributed by atoms with Crippen LogP contribution in [-0.2, 0) is 7.05 Å². The van der Waals surface area contributed by atoms with Crippen LogP contribution < -0.4 is 0 Å². The first-order chi connectivity index (χ1) is 7.50. The van der Waals surface area contributed by atoms with Crippen molar-refractivity contribution in [3.05, 3.63) is 28.3 Å². The average Bonchev–Trinajstić information content (AvgIpc) is 2.73. The second kappa shape index (κ2) is 3.75. The lowest BCUT2D eigenvalue weighted by Gasteiger charge is -2.01. The van der Waals surface area contributed by atoms with Gasteiger partial charge in [0.25, 0.3) is 0 Å². The van der Waals surface area contributed by atoms with Gasteiger partial charge in [-0.25, -0.2) is 9.48 Å². The maximum atomic E-state index is 10.8. The third-order valence-electron chi connectivity index (χ3n) is 2.18. The molecule has 2 aromatic heterocycles. The molecule has 0 spiro atoms. The van der Waals surface area contributed by atoms with Crippen LogP contribution in [0, 0.1) is 6.92 Å². The van der Waals surface area contributed by atoms with Crippen LogP contribution in [0.4, 0.5) is 0 Å². The van der Waals surface area contributed by atoms with Crippen molar-refractivity contribution in [2.45, 2.75) is 6.92 Å². The quantitative estimate of drug-likeness (QED) is 0.904. The lowest BCUT2D eigenvalue weighted by Crippen LogP contribution is -2.02. The number of aryl methyl sites for hydroxylation is 2. The number of hydrogen-bond donors (Lipinski definition) is 1. The summed E-state index contributed by atoms with van der Waals surface area (Å²) in [5.41, 5.74) is 1.48. The summed E-state index contributed by atoms with van der Waals surface area (Å²) >= 11 is 3.36. The second-order valence-corrected chi connectivity index (χ2v) is 4.08. The summed E-state index contributed by atoms with van der Waals surface area (Å²) in [4.78, 5) is 10.8. The van der Waals surface area contributed by atoms with Gasteiger partial charge in [-0.2, -0.15) is 10.2 Å². The molecule has 0 saturated carbocycles. The predicted octanol–water partition coefficient (Wildman–Crippen LogP) is 1.37. The molecule has 16 heavy (non-hydrogen) atoms. The first-order valence-corrected chi connectivity index (χ1v) is 5.28. The van der Waals surface area contributed by atoms with Crippen LogP contribution in [0.2, 0.25) is 0 Å². The molecule has 2 rings (SSSR count). The Morgan fingerprint density at radius 3 is 2.69 bits per heavy atom. The van der Waals surface area contributed by atoms with Gasteiger partial charge in [0.2, 0.25) is 0 Å². The molecule has 7 heteroatoms. The van der Waals surface area contributed by atoms with Gasteiger partial charge in [-0.3, -0.25) is 4.68 Å². The summed E-state index contributed by atoms with van der Waals surface area (Å²) in [5.74, 6) is -1.04. The summed E-state index contributed by atoms with van der Waals surface area (Å²) in [6.45, 7) is 1.79. The molecule has 0 bridgehead atoms. The van der Waals surface area contributed by atoms with E-state index in [4.69, 9.17) is 5.11 Å². The highest BCUT2D eigenvalue weighted by Gasteiger charge is 2.15. The molecular weight excluding hydrogens is 276 g/mol. The molecule has 0 atom stereocenters. The van der Waals surface area contributed by atoms with Gasteiger partial charge in [0, 0.05) is 12.7 Å². The summed E-state index contributed by atoms with van der Waals surface area (Å²) in [6, 6.07) is 1.52. The zero-order chi connectivity index (χ0) is 11.9. The molecule has 2 aromatic rings. The van der Waals surface area contributed by atoms with Crippen molar-refractivity contribution in [3.8, 4) is 5.69 Å². The lowest BCUT2D eigenvalue weighted by atomic mass is 10.4. The third-order valence-corrected chi connectivity index (χ3v) is 3.10. The molecule has 0 saturated heterocycles. The molecule has 0 fully saturated rings. The van der Waals surface area contributed by atoms with Gasteiger partial charge >= 0.3 is 5.97 Å². The molecule has 0 aliphatic rings. The van der Waals surface area contributed by atoms with Gasteiger partial charge in [-0.05, 0) is 28.9 Å². The minimum absolute atomic E-state index is 0.0215. The molecule has 0 unspecified atom stereocenters. The van der Waals surface area contributed by atoms with Crippen LogP contribution in [0.25, 0.3) is 5.69 Å². The van der Waals surface area contributed by atoms with Crippen LogP contribution >= 0.6 is 15.9 Å². The van der Waals surface area contributed by atoms with Crippen LogP contribution in [0.3, 0.4) is 0 Å². The Morgan fingerprint density at radius 2 is 2.25 bits per heavy atom. The molecule has 2 heterocycles. The van der Waals surface area contributed by atoms with Gasteiger partial charge < -0.3 is 5.11 Å². The summed E-state index contributed by atoms with van der Waals surface area (Å²) in [7, 11) is 1.78. The van der Waals surface area contributed by atoms with E-state index in [0.717, 1.165) is 10.3 Å². The SMILES string of the molecule is Cc1cc(C(=O)O)nn1-c1cnn(C)c1Br. The van der Waals surface area contributed by atoms with Gasteiger partial charge in [-0.1, -0.05) is 0 Å². The van der Waals surface area contributed by atoms with Crippen molar-refractivity contribution in [3.63, 3.8) is 0 Å². The Balaban J connectivity index is 2.56. The van der Waals surface area contributed by atoms with E-state index in [-0.39, 0.29) is 5.69 Å². The molecule has 0 aliphatic carbocycles. The zero-order valence-electron chi connectivity index (χ0n) is 8.68. The number of nitrogens with zero attached hydrogens (tertiary/aromatic N) is 4. The van der Waals surface area contributed by atoms with Gasteiger partial charge in [-0.15, -0.1) is 0 Å². The highest BCUT2D eigenvalue weighted by atomic mass is 79.9. The minimum Gasteiger partial charge on any atom is -0.476 e. The number of carbonyl (C=O) groups is 1. The number of aromatic carboxylic acids is 1. The lowest BCUT2D eigenvalue weighted by molar-refractivity contribution is 0.0690. The predicted molar refractivity (Wildman–Crippen MR) is 59.7 cm³/mol. The Hall–Kier alpha value is -1.63. The fraction of sp³-hybridized carbons (Fsp3) is 0.222. The number of carboxylic acids is 1. The van der Waals surface area contributed by atoms with E-state index in [9.17, 15) is 4.79 Å². The van der Waals surface area contributed by atoms with E-state index in [1.165, 1.54) is 6.07 Å². The second-order valence-electron chi connectivity index (χ2n) is 3.33. The largest absolute Gasteiger partial charge is 0.476 e. The molecule has 84 valence electrons. The Bertz CT molecular complexity index is 558. The fourth-order valence-electron chi connectivity index (χ4n) is 1.38. The molecule has 0 aliphatic heterocycles. The summed E-state index contributed by atoms with van der Waals surface area (Å²) in [6.07, 6.45) is 1.62. The van der Waals surface area contributed by atoms with Crippen molar-refractivity contribution in [2.24, 2.45) is 7.05 Å². The van der Waals surface area contributed by atoms with Crippen LogP contribution in [0.15, 0.2) is 16.9 Å². The molecule has 0 amide bonds. The monoisotopic (exact) mass is 284 g/mol. The molecule has 0 radical (unpaired) electrons. The average molecular weight is 285 g/mol. The Labute approximate surface area is 99.6 Å². The number of aromatic nitrogens is 4. The normalized spacial score (nSPS) is 10.7. The first kappa shape index (κ1) is 10.9. The van der Waals surface area contributed by atoms with Crippen LogP contribution in [-0.4, -0.2) is 30.6 Å². The standard InChI is InChI=1S/C9H9BrN4O2/c1-5-3-6(9(15)16)12-14(5)7-4-11-13(2)8(7)10/h3-4H,1-2H3,(H,15,16). The number of rotatable bonds is 2. The molecule has 1 N–H and O–H groups in total. The van der Waals surface area contributed by atoms with Crippen molar-refractivity contribution >= 4 is 21.9 Å². The van der Waals surface area contributed by atoms with Crippen molar-refractivity contribution in [1.29, 1.82) is 0 Å². The summed E-state index contributed by atoms with van der Waals surface area (Å²) < 4.78 is 3.92. The third kappa shape index (κ3) is 1.63. The number of carboxylic acid groups (broad SMARTS) is 1. The van der Waals surface area contributed by atoms with Gasteiger partial charge in [0.05, 0.1) is 6.20 Å². The zero-order valence-corrected chi connectivity index (χ0v) is 10.3. The van der Waals surface area contributed by atoms with Crippen molar-refractivity contribution < 1.29 is 9.90 Å². The van der Waals surface area contributed by atoms with E-state index < -0.39 is 5.97 Å². The van der Waals surface area contributed by atoms with Crippen molar-refractivity contribution in [2.75, 3.05) is 0 Å². The maximum absolute atomic E-state index is 10.8. The van der Waals surface area contributed by atoms with E-state index >= 15 is 0 Å². The smallest absolute Gasteiger partial charge is 0.356 e. The van der Waals surface area contributed by atoms with Gasteiger partial charge in [0.15, 0.2) is 5.69 Å². The van der Waals surface area contributed by atoms with E-state index in [0.29, 0.717) is 5.69 Å². The molecule has 0 aromatic carbocycles. The highest BCUT2D eigenvalue weighted by Crippen LogP contribution is 2.21. The Kier molecular flexibility index (Phi) is 2.55. The van der Waals surface area contributed by atoms with E-state index in [2.05, 4.69) is 26.1 Å². The Morgan fingerprint density at radius 1 is 1.56 bits per heavy atom. The first-order valence-electron chi connectivity index (χ1n) is 4.48. The maximum Gasteiger partial charge on any atom is 0.356 e. The summed E-state index contributed by atoms with van der Waals surface area (Å²) in [5, 5.41) is 16.9. The van der Waals surface area contributed by atoms with E-state index in [1.54, 1.807) is 29.5 Å². The molecule has 6 nitrogen and oxygen atoms in total.